The minimum atomic E-state index is 0.899. The molecule has 1 saturated heterocycles. The van der Waals surface area contributed by atoms with Crippen LogP contribution in [-0.4, -0.2) is 24.0 Å². The Kier molecular flexibility index (Phi) is 7.92. The second kappa shape index (κ2) is 8.97. The van der Waals surface area contributed by atoms with Gasteiger partial charge in [0.1, 0.15) is 0 Å². The molecule has 1 heteroatoms. The number of unbranched alkanes of at least 4 members (excludes halogenated alkanes) is 5. The summed E-state index contributed by atoms with van der Waals surface area (Å²) in [6.07, 6.45) is 15.7. The fourth-order valence-electron chi connectivity index (χ4n) is 3.21. The number of likely N-dealkylation sites (tertiary alicyclic amines) is 1. The number of rotatable bonds is 9. The molecule has 1 nitrogen and oxygen atoms in total. The van der Waals surface area contributed by atoms with Crippen molar-refractivity contribution in [1.82, 2.24) is 4.90 Å². The lowest BCUT2D eigenvalue weighted by Crippen LogP contribution is -2.32. The molecule has 1 heterocycles. The molecule has 0 saturated carbocycles. The zero-order valence-corrected chi connectivity index (χ0v) is 12.4. The normalized spacial score (nSPS) is 25.6. The molecule has 0 spiro atoms. The van der Waals surface area contributed by atoms with Crippen LogP contribution in [0.4, 0.5) is 0 Å². The second-order valence-corrected chi connectivity index (χ2v) is 5.90. The van der Waals surface area contributed by atoms with Crippen LogP contribution in [-0.2, 0) is 0 Å². The molecule has 0 aromatic heterocycles. The number of hydrogen-bond donors (Lipinski definition) is 0. The van der Waals surface area contributed by atoms with Gasteiger partial charge in [0.05, 0.1) is 0 Å². The largest absolute Gasteiger partial charge is 0.300 e. The highest BCUT2D eigenvalue weighted by Gasteiger charge is 2.28. The average molecular weight is 239 g/mol. The third-order valence-electron chi connectivity index (χ3n) is 4.52. The molecule has 1 aliphatic rings. The predicted octanol–water partition coefficient (Wildman–Crippen LogP) is 5.00. The van der Waals surface area contributed by atoms with Crippen molar-refractivity contribution in [2.45, 2.75) is 96.6 Å². The van der Waals surface area contributed by atoms with Crippen molar-refractivity contribution < 1.29 is 0 Å². The van der Waals surface area contributed by atoms with E-state index in [-0.39, 0.29) is 0 Å². The maximum Gasteiger partial charge on any atom is 0.00957 e. The van der Waals surface area contributed by atoms with Gasteiger partial charge in [-0.3, -0.25) is 0 Å². The molecule has 102 valence electrons. The number of nitrogens with zero attached hydrogens (tertiary/aromatic N) is 1. The minimum absolute atomic E-state index is 0.899. The zero-order chi connectivity index (χ0) is 12.5. The van der Waals surface area contributed by atoms with E-state index in [1.54, 1.807) is 0 Å². The Hall–Kier alpha value is -0.0400. The van der Waals surface area contributed by atoms with Crippen molar-refractivity contribution in [3.8, 4) is 0 Å². The van der Waals surface area contributed by atoms with Crippen LogP contribution < -0.4 is 0 Å². The third-order valence-corrected chi connectivity index (χ3v) is 4.52. The van der Waals surface area contributed by atoms with Crippen LogP contribution in [0.1, 0.15) is 84.5 Å². The van der Waals surface area contributed by atoms with E-state index in [1.165, 1.54) is 70.6 Å². The molecule has 17 heavy (non-hydrogen) atoms. The summed E-state index contributed by atoms with van der Waals surface area (Å²) in [5.41, 5.74) is 0. The molecule has 2 atom stereocenters. The lowest BCUT2D eigenvalue weighted by molar-refractivity contribution is 0.216. The first-order valence-electron chi connectivity index (χ1n) is 8.01. The zero-order valence-electron chi connectivity index (χ0n) is 12.4. The molecular weight excluding hydrogens is 206 g/mol. The predicted molar refractivity (Wildman–Crippen MR) is 77.5 cm³/mol. The summed E-state index contributed by atoms with van der Waals surface area (Å²) in [4.78, 5) is 2.69. The Bertz CT molecular complexity index is 178. The molecule has 0 aromatic rings. The fraction of sp³-hybridized carbons (Fsp3) is 1.00. The van der Waals surface area contributed by atoms with Crippen molar-refractivity contribution in [2.75, 3.05) is 7.05 Å². The SMILES string of the molecule is CCCCCCC[C@@H]1CC[C@H](CCCC)N1C. The standard InChI is InChI=1S/C16H33N/c1-4-6-8-9-10-12-16-14-13-15(17(16)3)11-7-5-2/h15-16H,4-14H2,1-3H3/t15-,16+/m0/s1. The third kappa shape index (κ3) is 5.42. The van der Waals surface area contributed by atoms with E-state index in [0.717, 1.165) is 12.1 Å². The van der Waals surface area contributed by atoms with Crippen molar-refractivity contribution in [2.24, 2.45) is 0 Å². The minimum Gasteiger partial charge on any atom is -0.300 e. The monoisotopic (exact) mass is 239 g/mol. The van der Waals surface area contributed by atoms with Gasteiger partial charge in [-0.15, -0.1) is 0 Å². The van der Waals surface area contributed by atoms with Crippen LogP contribution in [0.25, 0.3) is 0 Å². The molecule has 0 unspecified atom stereocenters. The topological polar surface area (TPSA) is 3.24 Å². The Labute approximate surface area is 109 Å². The van der Waals surface area contributed by atoms with E-state index in [4.69, 9.17) is 0 Å². The highest BCUT2D eigenvalue weighted by Crippen LogP contribution is 2.28. The summed E-state index contributed by atoms with van der Waals surface area (Å²) in [5.74, 6) is 0. The summed E-state index contributed by atoms with van der Waals surface area (Å²) in [5, 5.41) is 0. The van der Waals surface area contributed by atoms with Crippen LogP contribution in [0, 0.1) is 0 Å². The van der Waals surface area contributed by atoms with Crippen molar-refractivity contribution in [3.63, 3.8) is 0 Å². The maximum absolute atomic E-state index is 2.69. The van der Waals surface area contributed by atoms with Gasteiger partial charge in [0.25, 0.3) is 0 Å². The first-order chi connectivity index (χ1) is 8.29. The van der Waals surface area contributed by atoms with Gasteiger partial charge in [0.15, 0.2) is 0 Å². The van der Waals surface area contributed by atoms with Crippen LogP contribution in [0.5, 0.6) is 0 Å². The highest BCUT2D eigenvalue weighted by atomic mass is 15.2. The van der Waals surface area contributed by atoms with Gasteiger partial charge >= 0.3 is 0 Å². The van der Waals surface area contributed by atoms with Crippen LogP contribution in [0.2, 0.25) is 0 Å². The quantitative estimate of drug-likeness (QED) is 0.512. The molecule has 0 aliphatic carbocycles. The van der Waals surface area contributed by atoms with Gasteiger partial charge in [-0.1, -0.05) is 58.8 Å². The van der Waals surface area contributed by atoms with Crippen LogP contribution in [0.3, 0.4) is 0 Å². The molecule has 1 fully saturated rings. The first-order valence-corrected chi connectivity index (χ1v) is 8.01. The molecule has 1 rings (SSSR count). The van der Waals surface area contributed by atoms with Crippen LogP contribution >= 0.6 is 0 Å². The summed E-state index contributed by atoms with van der Waals surface area (Å²) < 4.78 is 0. The van der Waals surface area contributed by atoms with Crippen LogP contribution in [0.15, 0.2) is 0 Å². The van der Waals surface area contributed by atoms with E-state index in [1.807, 2.05) is 0 Å². The smallest absolute Gasteiger partial charge is 0.00957 e. The van der Waals surface area contributed by atoms with E-state index < -0.39 is 0 Å². The van der Waals surface area contributed by atoms with Crippen molar-refractivity contribution in [1.29, 1.82) is 0 Å². The molecule has 0 radical (unpaired) electrons. The Morgan fingerprint density at radius 2 is 1.29 bits per heavy atom. The summed E-state index contributed by atoms with van der Waals surface area (Å²) >= 11 is 0. The molecule has 0 bridgehead atoms. The fourth-order valence-corrected chi connectivity index (χ4v) is 3.21. The van der Waals surface area contributed by atoms with Gasteiger partial charge in [0.2, 0.25) is 0 Å². The Morgan fingerprint density at radius 1 is 0.765 bits per heavy atom. The summed E-state index contributed by atoms with van der Waals surface area (Å²) in [6.45, 7) is 4.60. The molecule has 0 amide bonds. The van der Waals surface area contributed by atoms with Gasteiger partial charge in [-0.2, -0.15) is 0 Å². The van der Waals surface area contributed by atoms with Gasteiger partial charge in [-0.25, -0.2) is 0 Å². The van der Waals surface area contributed by atoms with E-state index in [0.29, 0.717) is 0 Å². The van der Waals surface area contributed by atoms with E-state index in [2.05, 4.69) is 25.8 Å². The van der Waals surface area contributed by atoms with E-state index in [9.17, 15) is 0 Å². The molecule has 0 N–H and O–H groups in total. The Balaban J connectivity index is 2.09. The Morgan fingerprint density at radius 3 is 1.88 bits per heavy atom. The lowest BCUT2D eigenvalue weighted by atomic mass is 10.0. The lowest BCUT2D eigenvalue weighted by Gasteiger charge is -2.25. The van der Waals surface area contributed by atoms with E-state index >= 15 is 0 Å². The van der Waals surface area contributed by atoms with Gasteiger partial charge < -0.3 is 4.90 Å². The first kappa shape index (κ1) is 15.0. The van der Waals surface area contributed by atoms with Gasteiger partial charge in [0, 0.05) is 12.1 Å². The average Bonchev–Trinajstić information content (AvgIpc) is 2.68. The van der Waals surface area contributed by atoms with Gasteiger partial charge in [-0.05, 0) is 32.7 Å². The molecular formula is C16H33N. The second-order valence-electron chi connectivity index (χ2n) is 5.90. The molecule has 0 aromatic carbocycles. The summed E-state index contributed by atoms with van der Waals surface area (Å²) in [6, 6.07) is 1.80. The molecule has 1 aliphatic heterocycles. The van der Waals surface area contributed by atoms with Crippen molar-refractivity contribution >= 4 is 0 Å². The maximum atomic E-state index is 2.69. The number of hydrogen-bond acceptors (Lipinski definition) is 1. The van der Waals surface area contributed by atoms with Crippen molar-refractivity contribution in [3.05, 3.63) is 0 Å². The summed E-state index contributed by atoms with van der Waals surface area (Å²) in [7, 11) is 2.37. The highest BCUT2D eigenvalue weighted by molar-refractivity contribution is 4.84.